The third-order valence-electron chi connectivity index (χ3n) is 5.39. The number of piperidine rings is 1. The maximum absolute atomic E-state index is 12.7. The molecule has 3 N–H and O–H groups in total. The van der Waals surface area contributed by atoms with Crippen LogP contribution >= 0.6 is 0 Å². The van der Waals surface area contributed by atoms with Crippen molar-refractivity contribution in [3.63, 3.8) is 0 Å². The highest BCUT2D eigenvalue weighted by molar-refractivity contribution is 6.05. The van der Waals surface area contributed by atoms with Gasteiger partial charge in [0.15, 0.2) is 0 Å². The van der Waals surface area contributed by atoms with Gasteiger partial charge in [0.25, 0.3) is 5.91 Å². The van der Waals surface area contributed by atoms with Gasteiger partial charge in [-0.15, -0.1) is 0 Å². The summed E-state index contributed by atoms with van der Waals surface area (Å²) in [5.41, 5.74) is 4.16. The Morgan fingerprint density at radius 2 is 1.91 bits per heavy atom. The van der Waals surface area contributed by atoms with Crippen molar-refractivity contribution in [2.45, 2.75) is 38.9 Å². The number of carbonyl (C=O) groups excluding carboxylic acids is 4. The van der Waals surface area contributed by atoms with Crippen molar-refractivity contribution in [2.24, 2.45) is 0 Å². The quantitative estimate of drug-likeness (QED) is 0.400. The van der Waals surface area contributed by atoms with Crippen LogP contribution in [0.25, 0.3) is 0 Å². The summed E-state index contributed by atoms with van der Waals surface area (Å²) in [4.78, 5) is 48.7. The minimum Gasteiger partial charge on any atom is -0.352 e. The molecule has 4 amide bonds. The average Bonchev–Trinajstić information content (AvgIpc) is 3.06. The third-order valence-corrected chi connectivity index (χ3v) is 5.39. The van der Waals surface area contributed by atoms with Gasteiger partial charge in [-0.3, -0.25) is 24.5 Å². The largest absolute Gasteiger partial charge is 0.352 e. The predicted octanol–water partition coefficient (Wildman–Crippen LogP) is 1.34. The van der Waals surface area contributed by atoms with Gasteiger partial charge in [-0.25, -0.2) is 0 Å². The molecule has 2 heterocycles. The lowest BCUT2D eigenvalue weighted by atomic mass is 10.0. The van der Waals surface area contributed by atoms with Crippen molar-refractivity contribution in [1.82, 2.24) is 20.9 Å². The van der Waals surface area contributed by atoms with Crippen LogP contribution in [0.2, 0.25) is 0 Å². The van der Waals surface area contributed by atoms with Crippen LogP contribution < -0.4 is 16.0 Å². The lowest BCUT2D eigenvalue weighted by Gasteiger charge is -2.29. The lowest BCUT2D eigenvalue weighted by molar-refractivity contribution is -0.137. The molecule has 0 aliphatic carbocycles. The van der Waals surface area contributed by atoms with E-state index in [1.54, 1.807) is 11.0 Å². The van der Waals surface area contributed by atoms with E-state index in [9.17, 15) is 19.2 Å². The zero-order valence-electron chi connectivity index (χ0n) is 18.2. The molecule has 2 aliphatic rings. The van der Waals surface area contributed by atoms with Crippen LogP contribution in [0.4, 0.5) is 0 Å². The highest BCUT2D eigenvalue weighted by Crippen LogP contribution is 2.28. The normalized spacial score (nSPS) is 18.0. The molecular weight excluding hydrogens is 408 g/mol. The zero-order chi connectivity index (χ0) is 23.3. The summed E-state index contributed by atoms with van der Waals surface area (Å²) in [5, 5.41) is 8.31. The van der Waals surface area contributed by atoms with Crippen molar-refractivity contribution < 1.29 is 19.2 Å². The van der Waals surface area contributed by atoms with Gasteiger partial charge in [-0.05, 0) is 34.8 Å². The molecule has 1 aromatic rings. The van der Waals surface area contributed by atoms with Crippen LogP contribution in [-0.4, -0.2) is 47.7 Å². The second kappa shape index (κ2) is 10.2. The van der Waals surface area contributed by atoms with Gasteiger partial charge < -0.3 is 15.5 Å². The van der Waals surface area contributed by atoms with E-state index >= 15 is 0 Å². The molecule has 168 valence electrons. The van der Waals surface area contributed by atoms with Gasteiger partial charge in [0, 0.05) is 45.1 Å². The van der Waals surface area contributed by atoms with E-state index in [2.05, 4.69) is 29.1 Å². The summed E-state index contributed by atoms with van der Waals surface area (Å²) >= 11 is 0. The van der Waals surface area contributed by atoms with Crippen LogP contribution in [0.15, 0.2) is 54.7 Å². The Hall–Kier alpha value is -3.52. The van der Waals surface area contributed by atoms with Crippen LogP contribution in [-0.2, 0) is 27.5 Å². The topological polar surface area (TPSA) is 108 Å². The third kappa shape index (κ3) is 5.79. The number of benzene rings is 1. The van der Waals surface area contributed by atoms with Crippen LogP contribution in [0.5, 0.6) is 0 Å². The van der Waals surface area contributed by atoms with E-state index in [1.807, 2.05) is 24.3 Å². The molecule has 8 nitrogen and oxygen atoms in total. The minimum atomic E-state index is -0.607. The van der Waals surface area contributed by atoms with Crippen molar-refractivity contribution >= 4 is 23.6 Å². The molecule has 3 rings (SSSR count). The summed E-state index contributed by atoms with van der Waals surface area (Å²) < 4.78 is 0. The Labute approximate surface area is 187 Å². The first kappa shape index (κ1) is 23.1. The van der Waals surface area contributed by atoms with E-state index in [4.69, 9.17) is 0 Å². The van der Waals surface area contributed by atoms with Gasteiger partial charge in [-0.1, -0.05) is 37.4 Å². The molecule has 0 radical (unpaired) electrons. The minimum absolute atomic E-state index is 0.101. The second-order valence-corrected chi connectivity index (χ2v) is 8.05. The number of rotatable bonds is 9. The molecule has 1 unspecified atom stereocenters. The SMILES string of the molecule is C=C(/C=C\C(=C)CNC(C)=O)CNCc1ccc2c(c1)CN(C1CCC(=O)NC1=O)C2=O. The van der Waals surface area contributed by atoms with Crippen LogP contribution in [0, 0.1) is 0 Å². The fourth-order valence-electron chi connectivity index (χ4n) is 3.70. The Kier molecular flexibility index (Phi) is 7.37. The highest BCUT2D eigenvalue weighted by Gasteiger charge is 2.38. The molecular formula is C24H28N4O4. The number of hydrogen-bond acceptors (Lipinski definition) is 5. The fraction of sp³-hybridized carbons (Fsp3) is 0.333. The Morgan fingerprint density at radius 1 is 1.19 bits per heavy atom. The molecule has 0 aromatic heterocycles. The molecule has 32 heavy (non-hydrogen) atoms. The molecule has 2 aliphatic heterocycles. The van der Waals surface area contributed by atoms with E-state index in [1.165, 1.54) is 6.92 Å². The van der Waals surface area contributed by atoms with Gasteiger partial charge in [0.2, 0.25) is 17.7 Å². The summed E-state index contributed by atoms with van der Waals surface area (Å²) in [6, 6.07) is 5.05. The number of fused-ring (bicyclic) bond motifs is 1. The first-order valence-corrected chi connectivity index (χ1v) is 10.5. The fourth-order valence-corrected chi connectivity index (χ4v) is 3.70. The number of hydrogen-bond donors (Lipinski definition) is 3. The van der Waals surface area contributed by atoms with Gasteiger partial charge in [0.05, 0.1) is 0 Å². The maximum Gasteiger partial charge on any atom is 0.255 e. The number of carbonyl (C=O) groups is 4. The lowest BCUT2D eigenvalue weighted by Crippen LogP contribution is -2.52. The summed E-state index contributed by atoms with van der Waals surface area (Å²) in [7, 11) is 0. The number of imide groups is 1. The van der Waals surface area contributed by atoms with Crippen molar-refractivity contribution in [2.75, 3.05) is 13.1 Å². The number of nitrogens with one attached hydrogen (secondary N) is 3. The molecule has 1 aromatic carbocycles. The van der Waals surface area contributed by atoms with E-state index < -0.39 is 11.9 Å². The summed E-state index contributed by atoms with van der Waals surface area (Å²) in [6.07, 6.45) is 4.27. The Bertz CT molecular complexity index is 1010. The molecule has 1 fully saturated rings. The highest BCUT2D eigenvalue weighted by atomic mass is 16.2. The van der Waals surface area contributed by atoms with Crippen molar-refractivity contribution in [3.8, 4) is 0 Å². The monoisotopic (exact) mass is 436 g/mol. The summed E-state index contributed by atoms with van der Waals surface area (Å²) in [5.74, 6) is -0.976. The van der Waals surface area contributed by atoms with Gasteiger partial charge in [-0.2, -0.15) is 0 Å². The van der Waals surface area contributed by atoms with E-state index in [0.717, 1.165) is 22.3 Å². The zero-order valence-corrected chi connectivity index (χ0v) is 18.2. The first-order valence-electron chi connectivity index (χ1n) is 10.5. The number of nitrogens with zero attached hydrogens (tertiary/aromatic N) is 1. The Morgan fingerprint density at radius 3 is 2.59 bits per heavy atom. The molecule has 1 atom stereocenters. The standard InChI is InChI=1S/C24H28N4O4/c1-15(4-5-16(2)12-26-17(3)29)11-25-13-18-6-7-20-19(10-18)14-28(24(20)32)21-8-9-22(30)27-23(21)31/h4-7,10,21,25H,1-2,8-9,11-14H2,3H3,(H,26,29)(H,27,30,31)/b5-4-. The molecule has 0 spiro atoms. The molecule has 1 saturated heterocycles. The second-order valence-electron chi connectivity index (χ2n) is 8.05. The number of amides is 4. The van der Waals surface area contributed by atoms with Gasteiger partial charge in [0.1, 0.15) is 6.04 Å². The Balaban J connectivity index is 1.50. The smallest absolute Gasteiger partial charge is 0.255 e. The summed E-state index contributed by atoms with van der Waals surface area (Å²) in [6.45, 7) is 11.3. The van der Waals surface area contributed by atoms with E-state index in [-0.39, 0.29) is 24.1 Å². The maximum atomic E-state index is 12.7. The van der Waals surface area contributed by atoms with Crippen molar-refractivity contribution in [3.05, 3.63) is 71.3 Å². The van der Waals surface area contributed by atoms with Crippen molar-refractivity contribution in [1.29, 1.82) is 0 Å². The molecule has 8 heteroatoms. The van der Waals surface area contributed by atoms with Crippen LogP contribution in [0.3, 0.4) is 0 Å². The van der Waals surface area contributed by atoms with E-state index in [0.29, 0.717) is 38.2 Å². The first-order chi connectivity index (χ1) is 15.2. The van der Waals surface area contributed by atoms with Gasteiger partial charge >= 0.3 is 0 Å². The molecule has 0 bridgehead atoms. The predicted molar refractivity (Wildman–Crippen MR) is 120 cm³/mol. The van der Waals surface area contributed by atoms with Crippen LogP contribution in [0.1, 0.15) is 41.3 Å². The average molecular weight is 437 g/mol. The molecule has 0 saturated carbocycles.